The summed E-state index contributed by atoms with van der Waals surface area (Å²) in [5.41, 5.74) is 1.88. The molecule has 0 bridgehead atoms. The molecule has 0 aliphatic carbocycles. The summed E-state index contributed by atoms with van der Waals surface area (Å²) in [6.07, 6.45) is 4.32. The number of thioether (sulfide) groups is 1. The van der Waals surface area contributed by atoms with Crippen molar-refractivity contribution in [3.05, 3.63) is 48.3 Å². The van der Waals surface area contributed by atoms with E-state index in [9.17, 15) is 4.79 Å². The lowest BCUT2D eigenvalue weighted by molar-refractivity contribution is -0.119. The van der Waals surface area contributed by atoms with E-state index in [2.05, 4.69) is 34.3 Å². The van der Waals surface area contributed by atoms with Gasteiger partial charge in [0.1, 0.15) is 0 Å². The topological polar surface area (TPSA) is 91.2 Å². The molecule has 1 aliphatic heterocycles. The third kappa shape index (κ3) is 5.04. The quantitative estimate of drug-likeness (QED) is 0.546. The van der Waals surface area contributed by atoms with Gasteiger partial charge in [0, 0.05) is 31.4 Å². The average Bonchev–Trinajstić information content (AvgIpc) is 3.01. The maximum Gasteiger partial charge on any atom is 0.230 e. The fraction of sp³-hybridized carbons (Fsp3) is 0.391. The monoisotopic (exact) mass is 453 g/mol. The Morgan fingerprint density at radius 3 is 2.75 bits per heavy atom. The van der Waals surface area contributed by atoms with Crippen LogP contribution < -0.4 is 14.8 Å². The highest BCUT2D eigenvalue weighted by Crippen LogP contribution is 2.34. The van der Waals surface area contributed by atoms with E-state index in [-0.39, 0.29) is 23.6 Å². The van der Waals surface area contributed by atoms with Gasteiger partial charge >= 0.3 is 0 Å². The highest BCUT2D eigenvalue weighted by molar-refractivity contribution is 7.99. The number of hydrogen-bond donors (Lipinski definition) is 1. The number of ether oxygens (including phenoxy) is 2. The molecule has 1 atom stereocenters. The third-order valence-corrected chi connectivity index (χ3v) is 6.22. The van der Waals surface area contributed by atoms with Crippen molar-refractivity contribution in [2.24, 2.45) is 13.0 Å². The molecular formula is C23H27N5O3S. The van der Waals surface area contributed by atoms with E-state index in [4.69, 9.17) is 9.47 Å². The summed E-state index contributed by atoms with van der Waals surface area (Å²) >= 11 is 1.36. The van der Waals surface area contributed by atoms with E-state index in [1.54, 1.807) is 12.4 Å². The number of nitrogens with zero attached hydrogens (tertiary/aromatic N) is 4. The maximum absolute atomic E-state index is 12.8. The Morgan fingerprint density at radius 1 is 1.19 bits per heavy atom. The second-order valence-corrected chi connectivity index (χ2v) is 8.88. The molecule has 2 aromatic heterocycles. The summed E-state index contributed by atoms with van der Waals surface area (Å²) in [5, 5.41) is 12.3. The number of fused-ring (bicyclic) bond motifs is 1. The zero-order chi connectivity index (χ0) is 22.5. The van der Waals surface area contributed by atoms with Crippen molar-refractivity contribution in [2.45, 2.75) is 31.5 Å². The highest BCUT2D eigenvalue weighted by Gasteiger charge is 2.22. The average molecular weight is 454 g/mol. The van der Waals surface area contributed by atoms with Crippen LogP contribution in [0.3, 0.4) is 0 Å². The van der Waals surface area contributed by atoms with Gasteiger partial charge in [0.05, 0.1) is 25.0 Å². The number of benzene rings is 1. The van der Waals surface area contributed by atoms with Crippen molar-refractivity contribution in [1.29, 1.82) is 0 Å². The first-order chi connectivity index (χ1) is 15.5. The summed E-state index contributed by atoms with van der Waals surface area (Å²) in [6.45, 7) is 5.46. The number of carbonyl (C=O) groups is 1. The summed E-state index contributed by atoms with van der Waals surface area (Å²) in [4.78, 5) is 16.9. The molecular weight excluding hydrogens is 426 g/mol. The van der Waals surface area contributed by atoms with Crippen LogP contribution in [-0.2, 0) is 11.8 Å². The zero-order valence-corrected chi connectivity index (χ0v) is 19.3. The van der Waals surface area contributed by atoms with Crippen molar-refractivity contribution in [3.8, 4) is 22.9 Å². The van der Waals surface area contributed by atoms with Gasteiger partial charge in [0.2, 0.25) is 5.91 Å². The van der Waals surface area contributed by atoms with Crippen LogP contribution >= 0.6 is 11.8 Å². The van der Waals surface area contributed by atoms with E-state index >= 15 is 0 Å². The summed E-state index contributed by atoms with van der Waals surface area (Å²) in [5.74, 6) is 2.59. The number of rotatable bonds is 7. The van der Waals surface area contributed by atoms with Crippen LogP contribution in [0, 0.1) is 5.92 Å². The number of hydrogen-bond acceptors (Lipinski definition) is 7. The SMILES string of the molecule is CC(C)C(NC(=O)CSc1nnc(-c2cccnc2)n1C)c1ccc2c(c1)OCCCO2. The van der Waals surface area contributed by atoms with Gasteiger partial charge in [-0.05, 0) is 35.7 Å². The summed E-state index contributed by atoms with van der Waals surface area (Å²) in [7, 11) is 1.89. The molecule has 0 fully saturated rings. The number of pyridine rings is 1. The minimum Gasteiger partial charge on any atom is -0.490 e. The number of carbonyl (C=O) groups excluding carboxylic acids is 1. The van der Waals surface area contributed by atoms with Crippen molar-refractivity contribution in [3.63, 3.8) is 0 Å². The Hall–Kier alpha value is -3.07. The Morgan fingerprint density at radius 2 is 2.00 bits per heavy atom. The maximum atomic E-state index is 12.8. The lowest BCUT2D eigenvalue weighted by Gasteiger charge is -2.24. The molecule has 32 heavy (non-hydrogen) atoms. The first-order valence-corrected chi connectivity index (χ1v) is 11.6. The molecule has 168 valence electrons. The molecule has 9 heteroatoms. The molecule has 8 nitrogen and oxygen atoms in total. The molecule has 4 rings (SSSR count). The predicted octanol–water partition coefficient (Wildman–Crippen LogP) is 3.64. The van der Waals surface area contributed by atoms with E-state index in [1.165, 1.54) is 11.8 Å². The fourth-order valence-electron chi connectivity index (χ4n) is 3.54. The van der Waals surface area contributed by atoms with E-state index in [1.807, 2.05) is 41.9 Å². The molecule has 0 saturated heterocycles. The lowest BCUT2D eigenvalue weighted by Crippen LogP contribution is -2.33. The first kappa shape index (κ1) is 22.1. The first-order valence-electron chi connectivity index (χ1n) is 10.6. The van der Waals surface area contributed by atoms with E-state index < -0.39 is 0 Å². The van der Waals surface area contributed by atoms with Gasteiger partial charge in [-0.15, -0.1) is 10.2 Å². The van der Waals surface area contributed by atoms with Crippen LogP contribution in [0.2, 0.25) is 0 Å². The molecule has 0 spiro atoms. The Labute approximate surface area is 191 Å². The lowest BCUT2D eigenvalue weighted by atomic mass is 9.95. The van der Waals surface area contributed by atoms with Crippen molar-refractivity contribution in [2.75, 3.05) is 19.0 Å². The van der Waals surface area contributed by atoms with Gasteiger partial charge in [-0.1, -0.05) is 31.7 Å². The van der Waals surface area contributed by atoms with E-state index in [0.717, 1.165) is 29.0 Å². The molecule has 3 aromatic rings. The minimum absolute atomic E-state index is 0.0632. The highest BCUT2D eigenvalue weighted by atomic mass is 32.2. The number of amides is 1. The van der Waals surface area contributed by atoms with Crippen LogP contribution in [0.4, 0.5) is 0 Å². The molecule has 1 unspecified atom stereocenters. The van der Waals surface area contributed by atoms with Gasteiger partial charge in [0.25, 0.3) is 0 Å². The molecule has 1 aliphatic rings. The third-order valence-electron chi connectivity index (χ3n) is 5.20. The van der Waals surface area contributed by atoms with Crippen LogP contribution in [0.15, 0.2) is 47.9 Å². The van der Waals surface area contributed by atoms with Gasteiger partial charge in [-0.2, -0.15) is 0 Å². The van der Waals surface area contributed by atoms with Crippen molar-refractivity contribution < 1.29 is 14.3 Å². The smallest absolute Gasteiger partial charge is 0.230 e. The Balaban J connectivity index is 1.41. The predicted molar refractivity (Wildman–Crippen MR) is 123 cm³/mol. The van der Waals surface area contributed by atoms with Crippen molar-refractivity contribution >= 4 is 17.7 Å². The second-order valence-electron chi connectivity index (χ2n) is 7.94. The molecule has 1 aromatic carbocycles. The Bertz CT molecular complexity index is 1070. The normalized spacial score (nSPS) is 14.1. The van der Waals surface area contributed by atoms with Gasteiger partial charge in [-0.25, -0.2) is 0 Å². The van der Waals surface area contributed by atoms with Crippen LogP contribution in [0.5, 0.6) is 11.5 Å². The van der Waals surface area contributed by atoms with Crippen LogP contribution in [0.1, 0.15) is 31.9 Å². The summed E-state index contributed by atoms with van der Waals surface area (Å²) in [6, 6.07) is 9.55. The number of aromatic nitrogens is 4. The van der Waals surface area contributed by atoms with Crippen LogP contribution in [-0.4, -0.2) is 44.6 Å². The van der Waals surface area contributed by atoms with Gasteiger partial charge < -0.3 is 19.4 Å². The minimum atomic E-state index is -0.134. The molecule has 3 heterocycles. The second kappa shape index (κ2) is 10.0. The fourth-order valence-corrected chi connectivity index (χ4v) is 4.26. The number of nitrogens with one attached hydrogen (secondary N) is 1. The molecule has 0 radical (unpaired) electrons. The molecule has 1 amide bonds. The standard InChI is InChI=1S/C23H27N5O3S/c1-15(2)21(16-7-8-18-19(12-16)31-11-5-10-30-18)25-20(29)14-32-23-27-26-22(28(23)3)17-6-4-9-24-13-17/h4,6-9,12-13,15,21H,5,10-11,14H2,1-3H3,(H,25,29). The summed E-state index contributed by atoms with van der Waals surface area (Å²) < 4.78 is 13.4. The van der Waals surface area contributed by atoms with Crippen LogP contribution in [0.25, 0.3) is 11.4 Å². The Kier molecular flexibility index (Phi) is 6.94. The van der Waals surface area contributed by atoms with Crippen molar-refractivity contribution in [1.82, 2.24) is 25.1 Å². The van der Waals surface area contributed by atoms with Gasteiger partial charge in [-0.3, -0.25) is 9.78 Å². The molecule has 0 saturated carbocycles. The van der Waals surface area contributed by atoms with Gasteiger partial charge in [0.15, 0.2) is 22.5 Å². The van der Waals surface area contributed by atoms with E-state index in [0.29, 0.717) is 24.2 Å². The largest absolute Gasteiger partial charge is 0.490 e. The molecule has 1 N–H and O–H groups in total. The zero-order valence-electron chi connectivity index (χ0n) is 18.4.